The fraction of sp³-hybridized carbons (Fsp3) is 0.188. The Balaban J connectivity index is 2.24. The second-order valence-electron chi connectivity index (χ2n) is 4.69. The molecule has 0 saturated carbocycles. The monoisotopic (exact) mass is 332 g/mol. The summed E-state index contributed by atoms with van der Waals surface area (Å²) >= 11 is 3.45. The Morgan fingerprint density at radius 3 is 2.45 bits per heavy atom. The van der Waals surface area contributed by atoms with Crippen molar-refractivity contribution in [3.05, 3.63) is 62.9 Å². The minimum Gasteiger partial charge on any atom is -0.380 e. The molecule has 102 valence electrons. The van der Waals surface area contributed by atoms with Crippen molar-refractivity contribution in [3.8, 4) is 6.07 Å². The molecule has 0 amide bonds. The number of aryl methyl sites for hydroxylation is 2. The Morgan fingerprint density at radius 1 is 1.20 bits per heavy atom. The summed E-state index contributed by atoms with van der Waals surface area (Å²) in [5, 5.41) is 12.1. The molecule has 1 N–H and O–H groups in total. The summed E-state index contributed by atoms with van der Waals surface area (Å²) in [7, 11) is 0. The normalized spacial score (nSPS) is 10.2. The summed E-state index contributed by atoms with van der Waals surface area (Å²) in [6.45, 7) is 4.36. The van der Waals surface area contributed by atoms with Crippen molar-refractivity contribution in [3.63, 3.8) is 0 Å². The third kappa shape index (κ3) is 3.17. The lowest BCUT2D eigenvalue weighted by Gasteiger charge is -2.14. The van der Waals surface area contributed by atoms with Crippen molar-refractivity contribution >= 4 is 21.6 Å². The van der Waals surface area contributed by atoms with Crippen LogP contribution in [0.5, 0.6) is 0 Å². The zero-order chi connectivity index (χ0) is 14.7. The maximum absolute atomic E-state index is 13.7. The van der Waals surface area contributed by atoms with Gasteiger partial charge in [-0.25, -0.2) is 4.39 Å². The van der Waals surface area contributed by atoms with E-state index in [4.69, 9.17) is 5.26 Å². The summed E-state index contributed by atoms with van der Waals surface area (Å²) in [6, 6.07) is 10.4. The fourth-order valence-corrected chi connectivity index (χ4v) is 2.84. The average molecular weight is 333 g/mol. The maximum Gasteiger partial charge on any atom is 0.128 e. The number of benzene rings is 2. The van der Waals surface area contributed by atoms with Gasteiger partial charge in [0.05, 0.1) is 11.6 Å². The lowest BCUT2D eigenvalue weighted by molar-refractivity contribution is 0.612. The van der Waals surface area contributed by atoms with Gasteiger partial charge < -0.3 is 5.32 Å². The molecule has 2 aromatic rings. The molecule has 4 heteroatoms. The lowest BCUT2D eigenvalue weighted by atomic mass is 10.1. The van der Waals surface area contributed by atoms with E-state index in [2.05, 4.69) is 21.2 Å². The van der Waals surface area contributed by atoms with Crippen LogP contribution in [-0.4, -0.2) is 0 Å². The predicted molar refractivity (Wildman–Crippen MR) is 82.1 cm³/mol. The first kappa shape index (κ1) is 14.5. The second kappa shape index (κ2) is 6.06. The molecular weight excluding hydrogens is 319 g/mol. The third-order valence-electron chi connectivity index (χ3n) is 3.13. The molecule has 0 fully saturated rings. The van der Waals surface area contributed by atoms with Crippen LogP contribution in [0.2, 0.25) is 0 Å². The summed E-state index contributed by atoms with van der Waals surface area (Å²) < 4.78 is 14.7. The molecular formula is C16H14BrFN2. The minimum atomic E-state index is -0.302. The van der Waals surface area contributed by atoms with Gasteiger partial charge in [-0.05, 0) is 55.3 Å². The summed E-state index contributed by atoms with van der Waals surface area (Å²) in [6.07, 6.45) is 0. The van der Waals surface area contributed by atoms with E-state index in [0.29, 0.717) is 17.7 Å². The highest BCUT2D eigenvalue weighted by Gasteiger charge is 2.07. The van der Waals surface area contributed by atoms with Crippen LogP contribution in [0.3, 0.4) is 0 Å². The largest absolute Gasteiger partial charge is 0.380 e. The van der Waals surface area contributed by atoms with E-state index in [0.717, 1.165) is 21.3 Å². The van der Waals surface area contributed by atoms with Gasteiger partial charge in [-0.3, -0.25) is 0 Å². The zero-order valence-electron chi connectivity index (χ0n) is 11.3. The number of nitriles is 1. The molecule has 0 spiro atoms. The smallest absolute Gasteiger partial charge is 0.128 e. The van der Waals surface area contributed by atoms with Gasteiger partial charge in [-0.2, -0.15) is 5.26 Å². The van der Waals surface area contributed by atoms with Crippen molar-refractivity contribution in [2.45, 2.75) is 20.4 Å². The standard InChI is InChI=1S/C16H14BrFN2/c1-10-5-14(17)6-11(2)16(10)20-9-13-7-12(8-19)3-4-15(13)18/h3-7,20H,9H2,1-2H3. The maximum atomic E-state index is 13.7. The van der Waals surface area contributed by atoms with Gasteiger partial charge in [0.25, 0.3) is 0 Å². The van der Waals surface area contributed by atoms with E-state index in [9.17, 15) is 4.39 Å². The molecule has 0 saturated heterocycles. The molecule has 0 aliphatic rings. The summed E-state index contributed by atoms with van der Waals surface area (Å²) in [5.74, 6) is -0.302. The molecule has 0 aromatic heterocycles. The van der Waals surface area contributed by atoms with Crippen molar-refractivity contribution in [2.24, 2.45) is 0 Å². The van der Waals surface area contributed by atoms with Gasteiger partial charge in [-0.15, -0.1) is 0 Å². The summed E-state index contributed by atoms with van der Waals surface area (Å²) in [5.41, 5.74) is 4.13. The van der Waals surface area contributed by atoms with Crippen LogP contribution < -0.4 is 5.32 Å². The lowest BCUT2D eigenvalue weighted by Crippen LogP contribution is -2.05. The Bertz CT molecular complexity index is 666. The van der Waals surface area contributed by atoms with E-state index < -0.39 is 0 Å². The Morgan fingerprint density at radius 2 is 1.85 bits per heavy atom. The van der Waals surface area contributed by atoms with Gasteiger partial charge in [0.1, 0.15) is 5.82 Å². The molecule has 0 heterocycles. The van der Waals surface area contributed by atoms with Crippen molar-refractivity contribution in [1.29, 1.82) is 5.26 Å². The first-order valence-corrected chi connectivity index (χ1v) is 6.99. The topological polar surface area (TPSA) is 35.8 Å². The first-order valence-electron chi connectivity index (χ1n) is 6.20. The molecule has 2 rings (SSSR count). The molecule has 0 radical (unpaired) electrons. The molecule has 0 atom stereocenters. The van der Waals surface area contributed by atoms with Gasteiger partial charge in [-0.1, -0.05) is 15.9 Å². The second-order valence-corrected chi connectivity index (χ2v) is 5.60. The molecule has 2 aromatic carbocycles. The first-order chi connectivity index (χ1) is 9.51. The Hall–Kier alpha value is -1.86. The number of halogens is 2. The number of anilines is 1. The van der Waals surface area contributed by atoms with Crippen molar-refractivity contribution in [2.75, 3.05) is 5.32 Å². The van der Waals surface area contributed by atoms with Crippen molar-refractivity contribution in [1.82, 2.24) is 0 Å². The number of rotatable bonds is 3. The van der Waals surface area contributed by atoms with E-state index in [1.54, 1.807) is 6.07 Å². The predicted octanol–water partition coefficient (Wildman–Crippen LogP) is 4.69. The van der Waals surface area contributed by atoms with Crippen LogP contribution in [0.4, 0.5) is 10.1 Å². The van der Waals surface area contributed by atoms with Crippen LogP contribution in [0.15, 0.2) is 34.8 Å². The molecule has 0 aliphatic heterocycles. The third-order valence-corrected chi connectivity index (χ3v) is 3.59. The van der Waals surface area contributed by atoms with E-state index >= 15 is 0 Å². The molecule has 0 unspecified atom stereocenters. The quantitative estimate of drug-likeness (QED) is 0.885. The van der Waals surface area contributed by atoms with Gasteiger partial charge in [0.2, 0.25) is 0 Å². The number of hydrogen-bond acceptors (Lipinski definition) is 2. The van der Waals surface area contributed by atoms with Gasteiger partial charge >= 0.3 is 0 Å². The zero-order valence-corrected chi connectivity index (χ0v) is 12.9. The van der Waals surface area contributed by atoms with Crippen molar-refractivity contribution < 1.29 is 4.39 Å². The highest BCUT2D eigenvalue weighted by Crippen LogP contribution is 2.25. The van der Waals surface area contributed by atoms with Crippen LogP contribution in [0, 0.1) is 31.0 Å². The Labute approximate surface area is 126 Å². The van der Waals surface area contributed by atoms with E-state index in [1.165, 1.54) is 12.1 Å². The van der Waals surface area contributed by atoms with Gasteiger partial charge in [0.15, 0.2) is 0 Å². The minimum absolute atomic E-state index is 0.302. The van der Waals surface area contributed by atoms with E-state index in [1.807, 2.05) is 32.0 Å². The van der Waals surface area contributed by atoms with Crippen LogP contribution >= 0.6 is 15.9 Å². The molecule has 0 bridgehead atoms. The molecule has 2 nitrogen and oxygen atoms in total. The van der Waals surface area contributed by atoms with E-state index in [-0.39, 0.29) is 5.82 Å². The number of hydrogen-bond donors (Lipinski definition) is 1. The Kier molecular flexibility index (Phi) is 4.41. The average Bonchev–Trinajstić information content (AvgIpc) is 2.39. The number of nitrogens with zero attached hydrogens (tertiary/aromatic N) is 1. The highest BCUT2D eigenvalue weighted by molar-refractivity contribution is 9.10. The highest BCUT2D eigenvalue weighted by atomic mass is 79.9. The fourth-order valence-electron chi connectivity index (χ4n) is 2.15. The molecule has 0 aliphatic carbocycles. The van der Waals surface area contributed by atoms with Crippen LogP contribution in [0.25, 0.3) is 0 Å². The van der Waals surface area contributed by atoms with Gasteiger partial charge in [0, 0.05) is 22.3 Å². The van der Waals surface area contributed by atoms with Crippen LogP contribution in [0.1, 0.15) is 22.3 Å². The van der Waals surface area contributed by atoms with Crippen LogP contribution in [-0.2, 0) is 6.54 Å². The number of nitrogens with one attached hydrogen (secondary N) is 1. The SMILES string of the molecule is Cc1cc(Br)cc(C)c1NCc1cc(C#N)ccc1F. The summed E-state index contributed by atoms with van der Waals surface area (Å²) in [4.78, 5) is 0. The molecule has 20 heavy (non-hydrogen) atoms.